The lowest BCUT2D eigenvalue weighted by Crippen LogP contribution is -2.12. The van der Waals surface area contributed by atoms with Crippen LogP contribution in [0.2, 0.25) is 0 Å². The molecule has 9 nitrogen and oxygen atoms in total. The van der Waals surface area contributed by atoms with E-state index in [9.17, 15) is 14.4 Å². The number of esters is 2. The molecule has 3 aromatic carbocycles. The van der Waals surface area contributed by atoms with E-state index in [0.29, 0.717) is 47.2 Å². The molecular weight excluding hydrogens is 548 g/mol. The van der Waals surface area contributed by atoms with E-state index in [2.05, 4.69) is 6.58 Å². The fourth-order valence-corrected chi connectivity index (χ4v) is 3.86. The largest absolute Gasteiger partial charge is 0.494 e. The molecule has 0 aromatic heterocycles. The topological polar surface area (TPSA) is 140 Å². The Bertz CT molecular complexity index is 1410. The highest BCUT2D eigenvalue weighted by Gasteiger charge is 2.09. The van der Waals surface area contributed by atoms with E-state index >= 15 is 0 Å². The van der Waals surface area contributed by atoms with Crippen molar-refractivity contribution in [1.82, 2.24) is 0 Å². The van der Waals surface area contributed by atoms with Crippen LogP contribution in [0.15, 0.2) is 85.0 Å². The van der Waals surface area contributed by atoms with Crippen LogP contribution >= 0.6 is 0 Å². The summed E-state index contributed by atoms with van der Waals surface area (Å²) in [5.74, 6) is 0.143. The zero-order valence-corrected chi connectivity index (χ0v) is 24.4. The molecule has 0 amide bonds. The Labute approximate surface area is 252 Å². The van der Waals surface area contributed by atoms with Gasteiger partial charge in [-0.05, 0) is 86.7 Å². The van der Waals surface area contributed by atoms with Gasteiger partial charge in [0.1, 0.15) is 24.7 Å². The highest BCUT2D eigenvalue weighted by Crippen LogP contribution is 2.24. The van der Waals surface area contributed by atoms with Crippen molar-refractivity contribution in [3.63, 3.8) is 0 Å². The fraction of sp³-hybridized carbons (Fsp3) is 0.265. The standard InChI is InChI=1S/C34H38N2O7/c1-24(2)34(39)43-22-21-42-32(37)18-9-25-7-10-26(11-8-25)33(38)27-12-15-29(16-13-27)40-19-5-3-4-6-20-41-31-17-14-28(35)23-30(31)36/h7-18,23H,1,3-6,19-22,35-36H2,2H3/b18-9+. The van der Waals surface area contributed by atoms with Gasteiger partial charge in [0.15, 0.2) is 5.78 Å². The minimum absolute atomic E-state index is 0.0463. The van der Waals surface area contributed by atoms with Crippen LogP contribution in [0.4, 0.5) is 11.4 Å². The Kier molecular flexibility index (Phi) is 12.9. The minimum atomic E-state index is -0.570. The van der Waals surface area contributed by atoms with Crippen molar-refractivity contribution in [3.05, 3.63) is 102 Å². The van der Waals surface area contributed by atoms with Crippen molar-refractivity contribution in [2.45, 2.75) is 32.6 Å². The molecule has 0 radical (unpaired) electrons. The zero-order chi connectivity index (χ0) is 31.0. The van der Waals surface area contributed by atoms with E-state index in [1.54, 1.807) is 72.8 Å². The van der Waals surface area contributed by atoms with Crippen molar-refractivity contribution < 1.29 is 33.3 Å². The first-order valence-electron chi connectivity index (χ1n) is 14.1. The number of carbonyl (C=O) groups excluding carboxylic acids is 3. The summed E-state index contributed by atoms with van der Waals surface area (Å²) in [6, 6.07) is 19.2. The number of ketones is 1. The number of nitrogens with two attached hydrogens (primary N) is 2. The van der Waals surface area contributed by atoms with Crippen molar-refractivity contribution in [3.8, 4) is 11.5 Å². The lowest BCUT2D eigenvalue weighted by Gasteiger charge is -2.10. The van der Waals surface area contributed by atoms with E-state index in [4.69, 9.17) is 30.4 Å². The maximum atomic E-state index is 12.9. The number of rotatable bonds is 17. The van der Waals surface area contributed by atoms with Crippen LogP contribution in [0.25, 0.3) is 6.08 Å². The number of unbranched alkanes of at least 4 members (excludes halogenated alkanes) is 3. The number of benzene rings is 3. The Morgan fingerprint density at radius 1 is 0.744 bits per heavy atom. The van der Waals surface area contributed by atoms with E-state index in [0.717, 1.165) is 31.2 Å². The Balaban J connectivity index is 1.32. The van der Waals surface area contributed by atoms with Gasteiger partial charge in [-0.3, -0.25) is 4.79 Å². The molecule has 4 N–H and O–H groups in total. The summed E-state index contributed by atoms with van der Waals surface area (Å²) in [6.07, 6.45) is 6.70. The summed E-state index contributed by atoms with van der Waals surface area (Å²) in [5, 5.41) is 0. The zero-order valence-electron chi connectivity index (χ0n) is 24.4. The number of nitrogen functional groups attached to an aromatic ring is 2. The number of ether oxygens (including phenoxy) is 4. The monoisotopic (exact) mass is 586 g/mol. The summed E-state index contributed by atoms with van der Waals surface area (Å²) in [7, 11) is 0. The Morgan fingerprint density at radius 2 is 1.35 bits per heavy atom. The van der Waals surface area contributed by atoms with Gasteiger partial charge in [-0.2, -0.15) is 0 Å². The molecule has 9 heteroatoms. The summed E-state index contributed by atoms with van der Waals surface area (Å²) in [6.45, 7) is 6.09. The van der Waals surface area contributed by atoms with Crippen LogP contribution in [0, 0.1) is 0 Å². The molecule has 0 aliphatic heterocycles. The molecular formula is C34H38N2O7. The lowest BCUT2D eigenvalue weighted by molar-refractivity contribution is -0.146. The van der Waals surface area contributed by atoms with Crippen LogP contribution < -0.4 is 20.9 Å². The van der Waals surface area contributed by atoms with Crippen LogP contribution in [-0.2, 0) is 19.1 Å². The SMILES string of the molecule is C=C(C)C(=O)OCCOC(=O)/C=C/c1ccc(C(=O)c2ccc(OCCCCCCOc3ccc(N)cc3N)cc2)cc1. The molecule has 0 saturated carbocycles. The van der Waals surface area contributed by atoms with Crippen molar-refractivity contribution in [2.75, 3.05) is 37.9 Å². The first-order chi connectivity index (χ1) is 20.7. The third-order valence-electron chi connectivity index (χ3n) is 6.21. The molecule has 0 bridgehead atoms. The van der Waals surface area contributed by atoms with Crippen molar-refractivity contribution in [2.24, 2.45) is 0 Å². The summed E-state index contributed by atoms with van der Waals surface area (Å²) in [5.41, 5.74) is 14.8. The molecule has 226 valence electrons. The highest BCUT2D eigenvalue weighted by molar-refractivity contribution is 6.09. The van der Waals surface area contributed by atoms with Gasteiger partial charge in [0.05, 0.1) is 18.9 Å². The third kappa shape index (κ3) is 11.4. The molecule has 0 spiro atoms. The van der Waals surface area contributed by atoms with Crippen LogP contribution in [0.3, 0.4) is 0 Å². The summed E-state index contributed by atoms with van der Waals surface area (Å²) >= 11 is 0. The predicted molar refractivity (Wildman–Crippen MR) is 167 cm³/mol. The molecule has 0 fully saturated rings. The maximum absolute atomic E-state index is 12.9. The molecule has 0 saturated heterocycles. The van der Waals surface area contributed by atoms with E-state index < -0.39 is 11.9 Å². The van der Waals surface area contributed by atoms with E-state index in [1.165, 1.54) is 13.0 Å². The molecule has 3 aromatic rings. The number of hydrogen-bond acceptors (Lipinski definition) is 9. The van der Waals surface area contributed by atoms with Gasteiger partial charge in [-0.15, -0.1) is 0 Å². The summed E-state index contributed by atoms with van der Waals surface area (Å²) < 4.78 is 21.4. The van der Waals surface area contributed by atoms with E-state index in [1.807, 2.05) is 0 Å². The predicted octanol–water partition coefficient (Wildman–Crippen LogP) is 5.78. The van der Waals surface area contributed by atoms with Gasteiger partial charge in [0, 0.05) is 28.5 Å². The van der Waals surface area contributed by atoms with Crippen LogP contribution in [-0.4, -0.2) is 44.1 Å². The first-order valence-corrected chi connectivity index (χ1v) is 14.1. The molecule has 0 unspecified atom stereocenters. The lowest BCUT2D eigenvalue weighted by atomic mass is 10.0. The molecule has 0 heterocycles. The minimum Gasteiger partial charge on any atom is -0.494 e. The normalized spacial score (nSPS) is 10.7. The van der Waals surface area contributed by atoms with Crippen LogP contribution in [0.1, 0.15) is 54.1 Å². The number of hydrogen-bond donors (Lipinski definition) is 2. The average molecular weight is 587 g/mol. The van der Waals surface area contributed by atoms with Crippen LogP contribution in [0.5, 0.6) is 11.5 Å². The van der Waals surface area contributed by atoms with E-state index in [-0.39, 0.29) is 24.6 Å². The Hall–Kier alpha value is -5.05. The average Bonchev–Trinajstić information content (AvgIpc) is 3.00. The molecule has 0 atom stereocenters. The molecule has 0 aliphatic rings. The second-order valence-corrected chi connectivity index (χ2v) is 9.80. The van der Waals surface area contributed by atoms with Gasteiger partial charge >= 0.3 is 11.9 Å². The summed E-state index contributed by atoms with van der Waals surface area (Å²) in [4.78, 5) is 36.0. The van der Waals surface area contributed by atoms with Gasteiger partial charge in [-0.25, -0.2) is 9.59 Å². The smallest absolute Gasteiger partial charge is 0.333 e. The fourth-order valence-electron chi connectivity index (χ4n) is 3.86. The highest BCUT2D eigenvalue weighted by atomic mass is 16.6. The molecule has 3 rings (SSSR count). The quantitative estimate of drug-likeness (QED) is 0.0662. The second-order valence-electron chi connectivity index (χ2n) is 9.80. The Morgan fingerprint density at radius 3 is 1.98 bits per heavy atom. The van der Waals surface area contributed by atoms with Crippen molar-refractivity contribution in [1.29, 1.82) is 0 Å². The first kappa shape index (κ1) is 32.5. The van der Waals surface area contributed by atoms with Crippen molar-refractivity contribution >= 4 is 35.2 Å². The number of carbonyl (C=O) groups is 3. The number of anilines is 2. The van der Waals surface area contributed by atoms with Gasteiger partial charge in [-0.1, -0.05) is 30.8 Å². The van der Waals surface area contributed by atoms with Gasteiger partial charge in [0.25, 0.3) is 0 Å². The molecule has 43 heavy (non-hydrogen) atoms. The maximum Gasteiger partial charge on any atom is 0.333 e. The van der Waals surface area contributed by atoms with Gasteiger partial charge < -0.3 is 30.4 Å². The van der Waals surface area contributed by atoms with Gasteiger partial charge in [0.2, 0.25) is 0 Å². The third-order valence-corrected chi connectivity index (χ3v) is 6.21. The second kappa shape index (κ2) is 17.0. The molecule has 0 aliphatic carbocycles.